The summed E-state index contributed by atoms with van der Waals surface area (Å²) in [4.78, 5) is 26.0. The van der Waals surface area contributed by atoms with E-state index in [1.807, 2.05) is 29.2 Å². The van der Waals surface area contributed by atoms with Crippen LogP contribution < -0.4 is 16.4 Å². The highest BCUT2D eigenvalue weighted by Gasteiger charge is 2.33. The molecule has 1 aliphatic rings. The molecule has 0 aromatic heterocycles. The summed E-state index contributed by atoms with van der Waals surface area (Å²) in [7, 11) is 4.45. The van der Waals surface area contributed by atoms with Crippen LogP contribution in [-0.2, 0) is 16.1 Å². The Morgan fingerprint density at radius 3 is 2.35 bits per heavy atom. The summed E-state index contributed by atoms with van der Waals surface area (Å²) in [6.07, 6.45) is 2.03. The molecular weight excluding hydrogens is 397 g/mol. The molecule has 1 saturated heterocycles. The molecule has 2 atom stereocenters. The van der Waals surface area contributed by atoms with Gasteiger partial charge in [-0.1, -0.05) is 12.1 Å². The Morgan fingerprint density at radius 1 is 1.19 bits per heavy atom. The lowest BCUT2D eigenvalue weighted by Crippen LogP contribution is -2.53. The first-order valence-electron chi connectivity index (χ1n) is 11.2. The van der Waals surface area contributed by atoms with Crippen molar-refractivity contribution in [2.45, 2.75) is 64.5 Å². The molecule has 2 rings (SSSR count). The van der Waals surface area contributed by atoms with Crippen molar-refractivity contribution in [1.29, 1.82) is 0 Å². The van der Waals surface area contributed by atoms with Crippen molar-refractivity contribution in [3.05, 3.63) is 29.8 Å². The van der Waals surface area contributed by atoms with E-state index in [9.17, 15) is 14.0 Å². The first kappa shape index (κ1) is 25.2. The van der Waals surface area contributed by atoms with Crippen LogP contribution in [0.3, 0.4) is 0 Å². The largest absolute Gasteiger partial charge is 0.345 e. The van der Waals surface area contributed by atoms with Crippen molar-refractivity contribution in [1.82, 2.24) is 10.2 Å². The van der Waals surface area contributed by atoms with Gasteiger partial charge in [-0.2, -0.15) is 0 Å². The molecule has 31 heavy (non-hydrogen) atoms. The second kappa shape index (κ2) is 11.5. The molecule has 0 bridgehead atoms. The maximum Gasteiger partial charge on any atom is 0.246 e. The third kappa shape index (κ3) is 7.87. The molecule has 4 N–H and O–H groups in total. The molecule has 0 radical (unpaired) electrons. The van der Waals surface area contributed by atoms with E-state index in [4.69, 9.17) is 5.73 Å². The smallest absolute Gasteiger partial charge is 0.246 e. The number of hydrogen-bond donors (Lipinski definition) is 3. The summed E-state index contributed by atoms with van der Waals surface area (Å²) in [5.74, 6) is -0.422. The molecule has 8 heteroatoms. The molecule has 1 aromatic carbocycles. The van der Waals surface area contributed by atoms with Gasteiger partial charge in [-0.05, 0) is 38.9 Å². The number of piperidine rings is 1. The predicted octanol–water partition coefficient (Wildman–Crippen LogP) is 2.23. The number of benzene rings is 1. The van der Waals surface area contributed by atoms with E-state index >= 15 is 0 Å². The second-order valence-electron chi connectivity index (χ2n) is 9.15. The topological polar surface area (TPSA) is 87.5 Å². The zero-order valence-corrected chi connectivity index (χ0v) is 19.4. The van der Waals surface area contributed by atoms with Crippen LogP contribution in [0, 0.1) is 0 Å². The first-order chi connectivity index (χ1) is 14.6. The summed E-state index contributed by atoms with van der Waals surface area (Å²) >= 11 is 0. The Kier molecular flexibility index (Phi) is 9.40. The molecule has 174 valence electrons. The highest BCUT2D eigenvalue weighted by Crippen LogP contribution is 2.25. The number of carbonyl (C=O) groups is 2. The van der Waals surface area contributed by atoms with Crippen molar-refractivity contribution in [3.63, 3.8) is 0 Å². The molecule has 1 aromatic rings. The van der Waals surface area contributed by atoms with Crippen LogP contribution in [0.25, 0.3) is 0 Å². The highest BCUT2D eigenvalue weighted by molar-refractivity contribution is 5.96. The van der Waals surface area contributed by atoms with Crippen LogP contribution in [-0.4, -0.2) is 73.3 Å². The van der Waals surface area contributed by atoms with Gasteiger partial charge in [-0.3, -0.25) is 14.5 Å². The average Bonchev–Trinajstić information content (AvgIpc) is 2.73. The fourth-order valence-electron chi connectivity index (χ4n) is 4.13. The van der Waals surface area contributed by atoms with Crippen LogP contribution >= 0.6 is 0 Å². The van der Waals surface area contributed by atoms with Crippen LogP contribution in [0.2, 0.25) is 0 Å². The number of quaternary nitrogens is 1. The van der Waals surface area contributed by atoms with Gasteiger partial charge < -0.3 is 20.9 Å². The van der Waals surface area contributed by atoms with E-state index < -0.39 is 12.3 Å². The quantitative estimate of drug-likeness (QED) is 0.388. The molecule has 7 nitrogen and oxygen atoms in total. The van der Waals surface area contributed by atoms with Gasteiger partial charge >= 0.3 is 0 Å². The lowest BCUT2D eigenvalue weighted by Gasteiger charge is -2.43. The minimum absolute atomic E-state index is 0.171. The van der Waals surface area contributed by atoms with E-state index in [0.717, 1.165) is 37.0 Å². The SMILES string of the molecule is CC(F)N1CCC([N+](C)(C)Cc2ccc(NC(=O)[C@H](C)NC(=O)CCCN)cc2)CC1. The third-order valence-corrected chi connectivity index (χ3v) is 6.18. The molecule has 1 aliphatic heterocycles. The van der Waals surface area contributed by atoms with Gasteiger partial charge in [-0.15, -0.1) is 0 Å². The van der Waals surface area contributed by atoms with E-state index in [-0.39, 0.29) is 11.8 Å². The Morgan fingerprint density at radius 2 is 1.81 bits per heavy atom. The Hall–Kier alpha value is -2.03. The summed E-state index contributed by atoms with van der Waals surface area (Å²) in [6, 6.07) is 7.72. The van der Waals surface area contributed by atoms with Gasteiger partial charge in [0, 0.05) is 43.6 Å². The molecule has 2 amide bonds. The Bertz CT molecular complexity index is 715. The van der Waals surface area contributed by atoms with E-state index in [0.29, 0.717) is 31.1 Å². The van der Waals surface area contributed by atoms with Gasteiger partial charge in [0.15, 0.2) is 6.30 Å². The third-order valence-electron chi connectivity index (χ3n) is 6.18. The maximum atomic E-state index is 13.5. The van der Waals surface area contributed by atoms with Gasteiger partial charge in [0.25, 0.3) is 0 Å². The van der Waals surface area contributed by atoms with Gasteiger partial charge in [0.2, 0.25) is 11.8 Å². The monoisotopic (exact) mass is 436 g/mol. The summed E-state index contributed by atoms with van der Waals surface area (Å²) in [5.41, 5.74) is 7.29. The zero-order valence-electron chi connectivity index (χ0n) is 19.4. The Balaban J connectivity index is 1.85. The number of alkyl halides is 1. The van der Waals surface area contributed by atoms with Crippen molar-refractivity contribution < 1.29 is 18.5 Å². The van der Waals surface area contributed by atoms with Gasteiger partial charge in [0.05, 0.1) is 20.1 Å². The number of nitrogens with one attached hydrogen (secondary N) is 2. The van der Waals surface area contributed by atoms with E-state index in [2.05, 4.69) is 24.7 Å². The second-order valence-corrected chi connectivity index (χ2v) is 9.15. The number of hydrogen-bond acceptors (Lipinski definition) is 4. The maximum absolute atomic E-state index is 13.5. The zero-order chi connectivity index (χ0) is 23.0. The fraction of sp³-hybridized carbons (Fsp3) is 0.652. The van der Waals surface area contributed by atoms with Gasteiger partial charge in [-0.25, -0.2) is 4.39 Å². The number of halogens is 1. The summed E-state index contributed by atoms with van der Waals surface area (Å²) in [5, 5.41) is 5.54. The van der Waals surface area contributed by atoms with E-state index in [1.54, 1.807) is 13.8 Å². The summed E-state index contributed by atoms with van der Waals surface area (Å²) in [6.45, 7) is 6.20. The number of anilines is 1. The fourth-order valence-corrected chi connectivity index (χ4v) is 4.13. The lowest BCUT2D eigenvalue weighted by atomic mass is 10.0. The van der Waals surface area contributed by atoms with Crippen LogP contribution in [0.5, 0.6) is 0 Å². The molecule has 0 aliphatic carbocycles. The Labute approximate surface area is 185 Å². The van der Waals surface area contributed by atoms with Gasteiger partial charge in [0.1, 0.15) is 12.6 Å². The predicted molar refractivity (Wildman–Crippen MR) is 122 cm³/mol. The highest BCUT2D eigenvalue weighted by atomic mass is 19.1. The average molecular weight is 437 g/mol. The molecule has 0 spiro atoms. The van der Waals surface area contributed by atoms with Crippen molar-refractivity contribution in [2.24, 2.45) is 5.73 Å². The summed E-state index contributed by atoms with van der Waals surface area (Å²) < 4.78 is 14.4. The normalized spacial score (nSPS) is 17.7. The van der Waals surface area contributed by atoms with Crippen LogP contribution in [0.1, 0.15) is 45.1 Å². The van der Waals surface area contributed by atoms with Crippen molar-refractivity contribution >= 4 is 17.5 Å². The molecular formula is C23H39FN5O2+. The molecule has 1 heterocycles. The molecule has 1 fully saturated rings. The number of nitrogens with two attached hydrogens (primary N) is 1. The number of carbonyl (C=O) groups excluding carboxylic acids is 2. The number of nitrogens with zero attached hydrogens (tertiary/aromatic N) is 2. The number of amides is 2. The molecule has 1 unspecified atom stereocenters. The van der Waals surface area contributed by atoms with Crippen LogP contribution in [0.4, 0.5) is 10.1 Å². The van der Waals surface area contributed by atoms with Crippen molar-refractivity contribution in [3.8, 4) is 0 Å². The number of rotatable bonds is 10. The molecule has 0 saturated carbocycles. The minimum atomic E-state index is -0.874. The lowest BCUT2D eigenvalue weighted by molar-refractivity contribution is -0.929. The first-order valence-corrected chi connectivity index (χ1v) is 11.2. The van der Waals surface area contributed by atoms with E-state index in [1.165, 1.54) is 5.56 Å². The minimum Gasteiger partial charge on any atom is -0.345 e. The standard InChI is InChI=1S/C23H38FN5O2/c1-17(26-22(30)6-5-13-25)23(31)27-20-9-7-19(8-10-20)16-29(3,4)21-11-14-28(15-12-21)18(2)24/h7-10,17-18,21H,5-6,11-16,25H2,1-4H3,(H-,26,27,30,31)/p+1/t17-,18?/m0/s1. The van der Waals surface area contributed by atoms with Crippen LogP contribution in [0.15, 0.2) is 24.3 Å². The van der Waals surface area contributed by atoms with Crippen molar-refractivity contribution in [2.75, 3.05) is 39.0 Å². The number of likely N-dealkylation sites (tertiary alicyclic amines) is 1.